The molecule has 0 bridgehead atoms. The quantitative estimate of drug-likeness (QED) is 0.119. The van der Waals surface area contributed by atoms with Crippen LogP contribution in [0.5, 0.6) is 0 Å². The van der Waals surface area contributed by atoms with E-state index in [0.29, 0.717) is 17.3 Å². The van der Waals surface area contributed by atoms with Gasteiger partial charge in [0.15, 0.2) is 0 Å². The van der Waals surface area contributed by atoms with E-state index in [4.69, 9.17) is 4.74 Å². The van der Waals surface area contributed by atoms with Gasteiger partial charge >= 0.3 is 6.16 Å². The van der Waals surface area contributed by atoms with E-state index in [-0.39, 0.29) is 25.5 Å². The second-order valence-corrected chi connectivity index (χ2v) is 10.4. The summed E-state index contributed by atoms with van der Waals surface area (Å²) in [4.78, 5) is 44.8. The largest absolute Gasteiger partial charge is 0.532 e. The van der Waals surface area contributed by atoms with Crippen molar-refractivity contribution in [2.24, 2.45) is 4.99 Å². The number of nitrogens with zero attached hydrogens (tertiary/aromatic N) is 4. The number of anilines is 1. The van der Waals surface area contributed by atoms with Gasteiger partial charge in [0.25, 0.3) is 5.91 Å². The molecule has 0 spiro atoms. The highest BCUT2D eigenvalue weighted by Crippen LogP contribution is 2.33. The van der Waals surface area contributed by atoms with Crippen LogP contribution in [0.4, 0.5) is 10.6 Å². The summed E-state index contributed by atoms with van der Waals surface area (Å²) < 4.78 is 38.2. The molecule has 2 atom stereocenters. The number of methoxy groups -OCH3 is 1. The van der Waals surface area contributed by atoms with E-state index in [1.54, 1.807) is 32.2 Å². The Balaban J connectivity index is 2.31. The molecule has 37 heavy (non-hydrogen) atoms. The molecule has 0 aliphatic heterocycles. The number of carbonyl (C=O) groups is 2. The van der Waals surface area contributed by atoms with Gasteiger partial charge in [0.05, 0.1) is 51.2 Å². The van der Waals surface area contributed by atoms with E-state index < -0.39 is 33.7 Å². The van der Waals surface area contributed by atoms with Gasteiger partial charge < -0.3 is 24.3 Å². The van der Waals surface area contributed by atoms with Gasteiger partial charge in [-0.15, -0.1) is 0 Å². The minimum atomic E-state index is -3.90. The number of carbonyl (C=O) groups excluding carboxylic acids is 2. The molecule has 14 nitrogen and oxygen atoms in total. The summed E-state index contributed by atoms with van der Waals surface area (Å²) in [6.07, 6.45) is 3.66. The highest BCUT2D eigenvalue weighted by molar-refractivity contribution is 7.89. The number of imidazole rings is 1. The standard InChI is InChI=1S/C22H35N7O7S/c1-7-37(32,33)29(16(2)18-9-8-10-25-18)22(4,20(30)28(5)19-13-23-15-26-19)14-35-12-11-24-17(3)27-36-21(31)34-6/h8-10,13,15-16,25H,7,11-12,14H2,1-6H3,(H,23,26)(H,24,27)/t16?,22-/m1/s1. The Hall–Kier alpha value is -3.43. The van der Waals surface area contributed by atoms with Crippen LogP contribution >= 0.6 is 0 Å². The fraction of sp³-hybridized carbons (Fsp3) is 0.545. The lowest BCUT2D eigenvalue weighted by Gasteiger charge is -2.43. The molecule has 1 amide bonds. The van der Waals surface area contributed by atoms with E-state index >= 15 is 0 Å². The molecular formula is C22H35N7O7S. The molecule has 2 aromatic rings. The summed E-state index contributed by atoms with van der Waals surface area (Å²) in [6, 6.07) is 2.81. The third-order valence-corrected chi connectivity index (χ3v) is 7.65. The normalized spacial score (nSPS) is 14.6. The summed E-state index contributed by atoms with van der Waals surface area (Å²) in [7, 11) is -1.20. The number of sulfonamides is 1. The number of amidine groups is 1. The molecule has 2 aromatic heterocycles. The third-order valence-electron chi connectivity index (χ3n) is 5.60. The Bertz CT molecular complexity index is 1140. The monoisotopic (exact) mass is 541 g/mol. The predicted octanol–water partition coefficient (Wildman–Crippen LogP) is 1.59. The first-order valence-electron chi connectivity index (χ1n) is 11.5. The van der Waals surface area contributed by atoms with Gasteiger partial charge in [-0.1, -0.05) is 0 Å². The van der Waals surface area contributed by atoms with Gasteiger partial charge in [-0.3, -0.25) is 14.7 Å². The Morgan fingerprint density at radius 1 is 1.32 bits per heavy atom. The summed E-state index contributed by atoms with van der Waals surface area (Å²) >= 11 is 0. The van der Waals surface area contributed by atoms with Crippen LogP contribution in [0.2, 0.25) is 0 Å². The van der Waals surface area contributed by atoms with Crippen LogP contribution < -0.4 is 10.4 Å². The van der Waals surface area contributed by atoms with E-state index in [1.807, 2.05) is 0 Å². The lowest BCUT2D eigenvalue weighted by atomic mass is 9.99. The third kappa shape index (κ3) is 7.53. The number of H-pyrrole nitrogens is 2. The van der Waals surface area contributed by atoms with Crippen LogP contribution in [0, 0.1) is 0 Å². The Kier molecular flexibility index (Phi) is 10.6. The number of nitrogens with one attached hydrogen (secondary N) is 3. The maximum atomic E-state index is 13.9. The van der Waals surface area contributed by atoms with Crippen molar-refractivity contribution in [2.75, 3.05) is 44.6 Å². The minimum absolute atomic E-state index is 0.0603. The molecule has 206 valence electrons. The van der Waals surface area contributed by atoms with Crippen molar-refractivity contribution >= 4 is 33.7 Å². The van der Waals surface area contributed by atoms with E-state index in [0.717, 1.165) is 0 Å². The number of hydrogen-bond acceptors (Lipinski definition) is 9. The Morgan fingerprint density at radius 3 is 2.62 bits per heavy atom. The topological polar surface area (TPSA) is 171 Å². The van der Waals surface area contributed by atoms with E-state index in [1.165, 1.54) is 49.7 Å². The lowest BCUT2D eigenvalue weighted by molar-refractivity contribution is -0.131. The van der Waals surface area contributed by atoms with Gasteiger partial charge in [0, 0.05) is 18.9 Å². The molecule has 0 aliphatic rings. The lowest BCUT2D eigenvalue weighted by Crippen LogP contribution is -2.62. The van der Waals surface area contributed by atoms with Crippen molar-refractivity contribution in [2.45, 2.75) is 39.3 Å². The van der Waals surface area contributed by atoms with Crippen molar-refractivity contribution in [3.05, 3.63) is 36.5 Å². The fourth-order valence-corrected chi connectivity index (χ4v) is 5.32. The zero-order valence-corrected chi connectivity index (χ0v) is 22.7. The van der Waals surface area contributed by atoms with Crippen molar-refractivity contribution in [3.63, 3.8) is 0 Å². The van der Waals surface area contributed by atoms with Gasteiger partial charge in [0.1, 0.15) is 17.2 Å². The molecule has 3 N–H and O–H groups in total. The molecule has 15 heteroatoms. The minimum Gasteiger partial charge on any atom is -0.436 e. The van der Waals surface area contributed by atoms with Crippen LogP contribution in [0.15, 0.2) is 35.8 Å². The first kappa shape index (κ1) is 29.8. The van der Waals surface area contributed by atoms with Gasteiger partial charge in [-0.25, -0.2) is 23.7 Å². The van der Waals surface area contributed by atoms with Gasteiger partial charge in [0.2, 0.25) is 10.0 Å². The van der Waals surface area contributed by atoms with E-state index in [9.17, 15) is 18.0 Å². The molecule has 0 aliphatic carbocycles. The van der Waals surface area contributed by atoms with Crippen LogP contribution in [0.3, 0.4) is 0 Å². The number of aromatic amines is 2. The Morgan fingerprint density at radius 2 is 2.05 bits per heavy atom. The fourth-order valence-electron chi connectivity index (χ4n) is 3.71. The molecule has 0 saturated heterocycles. The van der Waals surface area contributed by atoms with Crippen molar-refractivity contribution < 1.29 is 32.3 Å². The summed E-state index contributed by atoms with van der Waals surface area (Å²) in [6.45, 7) is 6.30. The number of aliphatic imine (C=N–C) groups is 1. The smallest absolute Gasteiger partial charge is 0.436 e. The van der Waals surface area contributed by atoms with Crippen molar-refractivity contribution in [3.8, 4) is 0 Å². The molecule has 0 fully saturated rings. The molecule has 0 radical (unpaired) electrons. The van der Waals surface area contributed by atoms with E-state index in [2.05, 4.69) is 35.0 Å². The molecular weight excluding hydrogens is 506 g/mol. The summed E-state index contributed by atoms with van der Waals surface area (Å²) in [5, 5.41) is 0. The zero-order valence-electron chi connectivity index (χ0n) is 21.8. The van der Waals surface area contributed by atoms with Crippen LogP contribution in [0.1, 0.15) is 39.4 Å². The summed E-state index contributed by atoms with van der Waals surface area (Å²) in [5.41, 5.74) is 1.31. The zero-order chi connectivity index (χ0) is 27.6. The number of hydrogen-bond donors (Lipinski definition) is 3. The van der Waals surface area contributed by atoms with Crippen LogP contribution in [-0.2, 0) is 29.1 Å². The highest BCUT2D eigenvalue weighted by Gasteiger charge is 2.50. The number of hydroxylamine groups is 1. The molecule has 1 unspecified atom stereocenters. The SMILES string of the molecule is CCS(=O)(=O)N(C(C)c1ccc[nH]1)[C@](C)(COCCN=C(C)NOC(=O)OC)C(=O)N(C)c1cnc[nH]1. The first-order valence-corrected chi connectivity index (χ1v) is 13.1. The number of amides is 1. The maximum absolute atomic E-state index is 13.9. The number of likely N-dealkylation sites (N-methyl/N-ethyl adjacent to an activating group) is 1. The summed E-state index contributed by atoms with van der Waals surface area (Å²) in [5.74, 6) is -0.0405. The molecule has 2 heterocycles. The molecule has 2 rings (SSSR count). The average Bonchev–Trinajstić information content (AvgIpc) is 3.61. The highest BCUT2D eigenvalue weighted by atomic mass is 32.2. The number of rotatable bonds is 12. The van der Waals surface area contributed by atoms with Gasteiger partial charge in [-0.05, 0) is 39.8 Å². The maximum Gasteiger partial charge on any atom is 0.532 e. The van der Waals surface area contributed by atoms with Crippen LogP contribution in [-0.4, -0.2) is 90.8 Å². The predicted molar refractivity (Wildman–Crippen MR) is 136 cm³/mol. The number of ether oxygens (including phenoxy) is 2. The molecule has 0 saturated carbocycles. The molecule has 0 aromatic carbocycles. The second-order valence-electron chi connectivity index (χ2n) is 8.25. The van der Waals surface area contributed by atoms with Crippen molar-refractivity contribution in [1.82, 2.24) is 24.7 Å². The average molecular weight is 542 g/mol. The van der Waals surface area contributed by atoms with Gasteiger partial charge in [-0.2, -0.15) is 4.31 Å². The van der Waals surface area contributed by atoms with Crippen molar-refractivity contribution in [1.29, 1.82) is 0 Å². The Labute approximate surface area is 216 Å². The first-order chi connectivity index (χ1) is 17.5. The van der Waals surface area contributed by atoms with Crippen LogP contribution in [0.25, 0.3) is 0 Å². The number of aromatic nitrogens is 3. The second kappa shape index (κ2) is 13.2.